The van der Waals surface area contributed by atoms with Crippen molar-refractivity contribution in [3.05, 3.63) is 29.6 Å². The lowest BCUT2D eigenvalue weighted by Gasteiger charge is -2.21. The number of ether oxygens (including phenoxy) is 1. The van der Waals surface area contributed by atoms with Crippen LogP contribution in [0.1, 0.15) is 12.0 Å². The lowest BCUT2D eigenvalue weighted by molar-refractivity contribution is -0.177. The van der Waals surface area contributed by atoms with Crippen molar-refractivity contribution in [1.82, 2.24) is 5.32 Å². The molecule has 0 radical (unpaired) electrons. The van der Waals surface area contributed by atoms with E-state index < -0.39 is 30.2 Å². The molecule has 5 nitrogen and oxygen atoms in total. The molecule has 0 aliphatic carbocycles. The van der Waals surface area contributed by atoms with Gasteiger partial charge < -0.3 is 20.3 Å². The van der Waals surface area contributed by atoms with E-state index in [2.05, 4.69) is 0 Å². The van der Waals surface area contributed by atoms with Crippen LogP contribution in [0.25, 0.3) is 0 Å². The van der Waals surface area contributed by atoms with Crippen LogP contribution in [0.15, 0.2) is 18.2 Å². The average molecular weight is 325 g/mol. The molecule has 1 atom stereocenters. The summed E-state index contributed by atoms with van der Waals surface area (Å²) in [5, 5.41) is 19.5. The van der Waals surface area contributed by atoms with Gasteiger partial charge in [0.05, 0.1) is 13.2 Å². The number of carbonyl (C=O) groups excluding carboxylic acids is 1. The van der Waals surface area contributed by atoms with Crippen LogP contribution in [0.3, 0.4) is 0 Å². The van der Waals surface area contributed by atoms with Crippen LogP contribution in [0.2, 0.25) is 0 Å². The molecule has 1 aromatic carbocycles. The van der Waals surface area contributed by atoms with E-state index in [0.29, 0.717) is 5.56 Å². The average Bonchev–Trinajstić information content (AvgIpc) is 2.41. The molecule has 0 aliphatic heterocycles. The minimum atomic E-state index is -5.13. The normalized spacial score (nSPS) is 13.1. The number of methoxy groups -OCH3 is 1. The fourth-order valence-electron chi connectivity index (χ4n) is 1.73. The van der Waals surface area contributed by atoms with Crippen molar-refractivity contribution in [2.45, 2.75) is 31.3 Å². The van der Waals surface area contributed by atoms with Gasteiger partial charge in [-0.2, -0.15) is 13.2 Å². The quantitative estimate of drug-likeness (QED) is 0.541. The Morgan fingerprint density at radius 2 is 2.00 bits per heavy atom. The highest BCUT2D eigenvalue weighted by atomic mass is 19.4. The summed E-state index contributed by atoms with van der Waals surface area (Å²) >= 11 is 0. The van der Waals surface area contributed by atoms with Gasteiger partial charge >= 0.3 is 12.1 Å². The van der Waals surface area contributed by atoms with Gasteiger partial charge in [0, 0.05) is 0 Å². The standard InChI is InChI=1S/C13H15F4NO4/c1-22-10-5-3-7(6-8(10)14)2-4-9(11(19)20)18-12(21)13(15,16)17/h3,5-6,9,11,19-20H,2,4H2,1H3,(H,18,21)/t9-/m0/s1. The SMILES string of the molecule is COc1ccc(CC[C@H](NC(=O)C(F)(F)F)C(O)O)cc1F. The minimum absolute atomic E-state index is 0.00728. The molecule has 0 aromatic heterocycles. The Kier molecular flexibility index (Phi) is 6.12. The van der Waals surface area contributed by atoms with Crippen LogP contribution in [-0.4, -0.2) is 41.7 Å². The molecular formula is C13H15F4NO4. The molecule has 1 aromatic rings. The zero-order chi connectivity index (χ0) is 16.9. The summed E-state index contributed by atoms with van der Waals surface area (Å²) in [5.41, 5.74) is 0.408. The van der Waals surface area contributed by atoms with Gasteiger partial charge in [-0.1, -0.05) is 6.07 Å². The lowest BCUT2D eigenvalue weighted by atomic mass is 10.0. The molecule has 0 aliphatic rings. The van der Waals surface area contributed by atoms with E-state index in [4.69, 9.17) is 14.9 Å². The predicted molar refractivity (Wildman–Crippen MR) is 67.5 cm³/mol. The van der Waals surface area contributed by atoms with Crippen LogP contribution < -0.4 is 10.1 Å². The lowest BCUT2D eigenvalue weighted by Crippen LogP contribution is -2.48. The number of carbonyl (C=O) groups is 1. The van der Waals surface area contributed by atoms with Gasteiger partial charge in [-0.05, 0) is 30.5 Å². The van der Waals surface area contributed by atoms with E-state index in [1.807, 2.05) is 0 Å². The molecule has 1 rings (SSSR count). The van der Waals surface area contributed by atoms with Crippen LogP contribution in [0, 0.1) is 5.82 Å². The molecule has 0 heterocycles. The maximum Gasteiger partial charge on any atom is 0.471 e. The van der Waals surface area contributed by atoms with Gasteiger partial charge in [-0.15, -0.1) is 0 Å². The topological polar surface area (TPSA) is 78.8 Å². The molecule has 0 unspecified atom stereocenters. The summed E-state index contributed by atoms with van der Waals surface area (Å²) in [7, 11) is 1.28. The number of hydrogen-bond acceptors (Lipinski definition) is 4. The zero-order valence-electron chi connectivity index (χ0n) is 11.5. The number of aliphatic hydroxyl groups excluding tert-OH is 1. The Balaban J connectivity index is 2.69. The summed E-state index contributed by atoms with van der Waals surface area (Å²) in [5.74, 6) is -2.92. The number of aryl methyl sites for hydroxylation is 1. The summed E-state index contributed by atoms with van der Waals surface area (Å²) in [6, 6.07) is 2.40. The molecule has 0 saturated carbocycles. The van der Waals surface area contributed by atoms with E-state index in [-0.39, 0.29) is 18.6 Å². The maximum absolute atomic E-state index is 13.5. The summed E-state index contributed by atoms with van der Waals surface area (Å²) in [6.45, 7) is 0. The summed E-state index contributed by atoms with van der Waals surface area (Å²) < 4.78 is 54.6. The Bertz CT molecular complexity index is 519. The second kappa shape index (κ2) is 7.41. The molecule has 0 spiro atoms. The van der Waals surface area contributed by atoms with Crippen molar-refractivity contribution in [2.24, 2.45) is 0 Å². The fraction of sp³-hybridized carbons (Fsp3) is 0.462. The molecule has 0 saturated heterocycles. The number of alkyl halides is 3. The van der Waals surface area contributed by atoms with Crippen molar-refractivity contribution >= 4 is 5.91 Å². The maximum atomic E-state index is 13.5. The number of nitrogens with one attached hydrogen (secondary N) is 1. The van der Waals surface area contributed by atoms with Crippen molar-refractivity contribution in [2.75, 3.05) is 7.11 Å². The van der Waals surface area contributed by atoms with E-state index >= 15 is 0 Å². The highest BCUT2D eigenvalue weighted by Crippen LogP contribution is 2.20. The predicted octanol–water partition coefficient (Wildman–Crippen LogP) is 1.12. The monoisotopic (exact) mass is 325 g/mol. The van der Waals surface area contributed by atoms with Gasteiger partial charge in [0.1, 0.15) is 0 Å². The van der Waals surface area contributed by atoms with Gasteiger partial charge in [-0.25, -0.2) is 4.39 Å². The highest BCUT2D eigenvalue weighted by Gasteiger charge is 2.40. The molecule has 1 amide bonds. The highest BCUT2D eigenvalue weighted by molar-refractivity contribution is 5.81. The van der Waals surface area contributed by atoms with Crippen LogP contribution in [-0.2, 0) is 11.2 Å². The number of amides is 1. The van der Waals surface area contributed by atoms with Crippen LogP contribution in [0.5, 0.6) is 5.75 Å². The first-order valence-electron chi connectivity index (χ1n) is 6.21. The number of hydrogen-bond donors (Lipinski definition) is 3. The first kappa shape index (κ1) is 18.2. The van der Waals surface area contributed by atoms with Crippen molar-refractivity contribution < 1.29 is 37.3 Å². The first-order chi connectivity index (χ1) is 10.1. The summed E-state index contributed by atoms with van der Waals surface area (Å²) in [6.07, 6.45) is -7.49. The second-order valence-corrected chi connectivity index (χ2v) is 4.50. The number of benzene rings is 1. The third kappa shape index (κ3) is 5.15. The third-order valence-electron chi connectivity index (χ3n) is 2.89. The smallest absolute Gasteiger partial charge is 0.471 e. The molecule has 9 heteroatoms. The zero-order valence-corrected chi connectivity index (χ0v) is 11.5. The van der Waals surface area contributed by atoms with Gasteiger partial charge in [0.2, 0.25) is 0 Å². The molecule has 22 heavy (non-hydrogen) atoms. The molecule has 124 valence electrons. The number of aliphatic hydroxyl groups is 2. The van der Waals surface area contributed by atoms with E-state index in [1.165, 1.54) is 24.6 Å². The largest absolute Gasteiger partial charge is 0.494 e. The Labute approximate surface area is 123 Å². The van der Waals surface area contributed by atoms with E-state index in [0.717, 1.165) is 6.07 Å². The number of halogens is 4. The van der Waals surface area contributed by atoms with E-state index in [1.54, 1.807) is 0 Å². The van der Waals surface area contributed by atoms with E-state index in [9.17, 15) is 22.4 Å². The summed E-state index contributed by atoms with van der Waals surface area (Å²) in [4.78, 5) is 10.8. The van der Waals surface area contributed by atoms with Crippen molar-refractivity contribution in [3.8, 4) is 5.75 Å². The first-order valence-corrected chi connectivity index (χ1v) is 6.21. The Hall–Kier alpha value is -1.87. The molecular weight excluding hydrogens is 310 g/mol. The van der Waals surface area contributed by atoms with Crippen LogP contribution >= 0.6 is 0 Å². The Morgan fingerprint density at radius 3 is 2.45 bits per heavy atom. The van der Waals surface area contributed by atoms with Gasteiger partial charge in [0.15, 0.2) is 17.9 Å². The molecule has 0 fully saturated rings. The minimum Gasteiger partial charge on any atom is -0.494 e. The van der Waals surface area contributed by atoms with Gasteiger partial charge in [-0.3, -0.25) is 4.79 Å². The molecule has 0 bridgehead atoms. The molecule has 3 N–H and O–H groups in total. The van der Waals surface area contributed by atoms with Crippen molar-refractivity contribution in [3.63, 3.8) is 0 Å². The van der Waals surface area contributed by atoms with Crippen LogP contribution in [0.4, 0.5) is 17.6 Å². The van der Waals surface area contributed by atoms with Crippen molar-refractivity contribution in [1.29, 1.82) is 0 Å². The fourth-order valence-corrected chi connectivity index (χ4v) is 1.73. The number of rotatable bonds is 6. The Morgan fingerprint density at radius 1 is 1.36 bits per heavy atom. The third-order valence-corrected chi connectivity index (χ3v) is 2.89. The second-order valence-electron chi connectivity index (χ2n) is 4.50. The van der Waals surface area contributed by atoms with Gasteiger partial charge in [0.25, 0.3) is 0 Å².